The number of aromatic nitrogens is 2. The second kappa shape index (κ2) is 5.42. The number of hydrogen-bond donors (Lipinski definition) is 1. The van der Waals surface area contributed by atoms with Crippen LogP contribution in [0.5, 0.6) is 0 Å². The quantitative estimate of drug-likeness (QED) is 0.877. The maximum Gasteiger partial charge on any atom is 0.323 e. The maximum absolute atomic E-state index is 11.9. The van der Waals surface area contributed by atoms with Gasteiger partial charge in [-0.05, 0) is 25.7 Å². The van der Waals surface area contributed by atoms with Gasteiger partial charge in [-0.2, -0.15) is 0 Å². The Balaban J connectivity index is 2.37. The summed E-state index contributed by atoms with van der Waals surface area (Å²) in [6.45, 7) is 5.24. The van der Waals surface area contributed by atoms with E-state index in [0.717, 1.165) is 25.9 Å². The van der Waals surface area contributed by atoms with Crippen molar-refractivity contribution in [2.75, 3.05) is 18.0 Å². The summed E-state index contributed by atoms with van der Waals surface area (Å²) in [5.41, 5.74) is 0.323. The summed E-state index contributed by atoms with van der Waals surface area (Å²) in [6, 6.07) is 1.37. The summed E-state index contributed by atoms with van der Waals surface area (Å²) in [4.78, 5) is 29.2. The van der Waals surface area contributed by atoms with Gasteiger partial charge in [-0.15, -0.1) is 0 Å². The van der Waals surface area contributed by atoms with Crippen molar-refractivity contribution >= 4 is 11.9 Å². The Morgan fingerprint density at radius 3 is 2.68 bits per heavy atom. The summed E-state index contributed by atoms with van der Waals surface area (Å²) in [5, 5.41) is 8.92. The van der Waals surface area contributed by atoms with Crippen LogP contribution in [0.2, 0.25) is 0 Å². The van der Waals surface area contributed by atoms with Gasteiger partial charge in [0.1, 0.15) is 6.54 Å². The topological polar surface area (TPSA) is 75.4 Å². The maximum atomic E-state index is 11.9. The van der Waals surface area contributed by atoms with Gasteiger partial charge in [0.2, 0.25) is 5.95 Å². The molecule has 0 atom stereocenters. The number of carbonyl (C=O) groups is 1. The van der Waals surface area contributed by atoms with Crippen molar-refractivity contribution in [3.8, 4) is 0 Å². The number of carboxylic acids is 1. The van der Waals surface area contributed by atoms with Crippen LogP contribution in [0.1, 0.15) is 25.5 Å². The second-order valence-electron chi connectivity index (χ2n) is 5.19. The number of aryl methyl sites for hydroxylation is 1. The highest BCUT2D eigenvalue weighted by atomic mass is 16.4. The molecule has 6 heteroatoms. The van der Waals surface area contributed by atoms with E-state index < -0.39 is 5.97 Å². The molecule has 1 aliphatic rings. The van der Waals surface area contributed by atoms with Crippen molar-refractivity contribution < 1.29 is 9.90 Å². The van der Waals surface area contributed by atoms with Crippen LogP contribution in [-0.4, -0.2) is 33.7 Å². The number of anilines is 1. The Hall–Kier alpha value is -1.85. The number of hydrogen-bond acceptors (Lipinski definition) is 4. The molecule has 1 aliphatic heterocycles. The predicted molar refractivity (Wildman–Crippen MR) is 71.5 cm³/mol. The number of nitrogens with zero attached hydrogens (tertiary/aromatic N) is 3. The van der Waals surface area contributed by atoms with Gasteiger partial charge in [0, 0.05) is 24.8 Å². The van der Waals surface area contributed by atoms with E-state index in [-0.39, 0.29) is 12.1 Å². The summed E-state index contributed by atoms with van der Waals surface area (Å²) in [7, 11) is 0. The Bertz CT molecular complexity index is 530. The van der Waals surface area contributed by atoms with E-state index in [2.05, 4.69) is 11.9 Å². The molecule has 1 aromatic rings. The molecule has 1 saturated heterocycles. The van der Waals surface area contributed by atoms with E-state index in [0.29, 0.717) is 17.6 Å². The zero-order valence-electron chi connectivity index (χ0n) is 11.3. The molecule has 0 aliphatic carbocycles. The molecule has 0 saturated carbocycles. The van der Waals surface area contributed by atoms with Gasteiger partial charge in [0.15, 0.2) is 0 Å². The lowest BCUT2D eigenvalue weighted by molar-refractivity contribution is -0.137. The van der Waals surface area contributed by atoms with Crippen LogP contribution in [0.4, 0.5) is 5.95 Å². The van der Waals surface area contributed by atoms with Crippen molar-refractivity contribution in [2.45, 2.75) is 33.2 Å². The highest BCUT2D eigenvalue weighted by molar-refractivity contribution is 5.67. The number of piperidine rings is 1. The van der Waals surface area contributed by atoms with Crippen LogP contribution in [0.3, 0.4) is 0 Å². The lowest BCUT2D eigenvalue weighted by atomic mass is 10.00. The Morgan fingerprint density at radius 2 is 2.11 bits per heavy atom. The lowest BCUT2D eigenvalue weighted by Gasteiger charge is -2.32. The lowest BCUT2D eigenvalue weighted by Crippen LogP contribution is -2.39. The minimum atomic E-state index is -1.03. The third-order valence-corrected chi connectivity index (χ3v) is 3.48. The molecule has 1 aromatic heterocycles. The number of carboxylic acid groups (broad SMARTS) is 1. The van der Waals surface area contributed by atoms with E-state index in [4.69, 9.17) is 5.11 Å². The van der Waals surface area contributed by atoms with E-state index in [1.165, 1.54) is 10.6 Å². The van der Waals surface area contributed by atoms with Gasteiger partial charge in [-0.3, -0.25) is 14.2 Å². The fraction of sp³-hybridized carbons (Fsp3) is 0.615. The highest BCUT2D eigenvalue weighted by Crippen LogP contribution is 2.20. The van der Waals surface area contributed by atoms with Crippen LogP contribution in [0, 0.1) is 12.8 Å². The highest BCUT2D eigenvalue weighted by Gasteiger charge is 2.21. The molecule has 6 nitrogen and oxygen atoms in total. The van der Waals surface area contributed by atoms with Gasteiger partial charge < -0.3 is 10.0 Å². The Kier molecular flexibility index (Phi) is 3.87. The van der Waals surface area contributed by atoms with E-state index in [1.807, 2.05) is 4.90 Å². The summed E-state index contributed by atoms with van der Waals surface area (Å²) < 4.78 is 1.24. The molecule has 1 N–H and O–H groups in total. The Labute approximate surface area is 111 Å². The summed E-state index contributed by atoms with van der Waals surface area (Å²) >= 11 is 0. The molecule has 0 bridgehead atoms. The second-order valence-corrected chi connectivity index (χ2v) is 5.19. The number of aliphatic carboxylic acids is 1. The molecule has 104 valence electrons. The summed E-state index contributed by atoms with van der Waals surface area (Å²) in [5.74, 6) is 0.124. The molecule has 19 heavy (non-hydrogen) atoms. The molecule has 2 rings (SSSR count). The fourth-order valence-corrected chi connectivity index (χ4v) is 2.34. The zero-order valence-corrected chi connectivity index (χ0v) is 11.3. The van der Waals surface area contributed by atoms with Gasteiger partial charge in [0.25, 0.3) is 5.56 Å². The molecular weight excluding hydrogens is 246 g/mol. The van der Waals surface area contributed by atoms with E-state index in [1.54, 1.807) is 6.92 Å². The first-order valence-corrected chi connectivity index (χ1v) is 6.52. The third-order valence-electron chi connectivity index (χ3n) is 3.48. The molecular formula is C13H19N3O3. The van der Waals surface area contributed by atoms with Crippen LogP contribution < -0.4 is 10.5 Å². The monoisotopic (exact) mass is 265 g/mol. The zero-order chi connectivity index (χ0) is 14.0. The van der Waals surface area contributed by atoms with Crippen LogP contribution in [0.25, 0.3) is 0 Å². The fourth-order valence-electron chi connectivity index (χ4n) is 2.34. The van der Waals surface area contributed by atoms with Gasteiger partial charge in [-0.1, -0.05) is 6.92 Å². The minimum Gasteiger partial charge on any atom is -0.480 e. The minimum absolute atomic E-state index is 0.302. The third kappa shape index (κ3) is 3.13. The average Bonchev–Trinajstić information content (AvgIpc) is 2.33. The molecule has 0 radical (unpaired) electrons. The average molecular weight is 265 g/mol. The van der Waals surface area contributed by atoms with Crippen LogP contribution in [-0.2, 0) is 11.3 Å². The van der Waals surface area contributed by atoms with E-state index in [9.17, 15) is 9.59 Å². The standard InChI is InChI=1S/C13H19N3O3/c1-9-3-5-15(6-4-9)13-14-10(2)7-11(17)16(13)8-12(18)19/h7,9H,3-6,8H2,1-2H3,(H,18,19). The molecule has 0 unspecified atom stereocenters. The normalized spacial score (nSPS) is 16.6. The molecule has 1 fully saturated rings. The van der Waals surface area contributed by atoms with Gasteiger partial charge in [0.05, 0.1) is 0 Å². The van der Waals surface area contributed by atoms with Crippen molar-refractivity contribution in [2.24, 2.45) is 5.92 Å². The largest absolute Gasteiger partial charge is 0.480 e. The molecule has 0 amide bonds. The first-order chi connectivity index (χ1) is 8.97. The van der Waals surface area contributed by atoms with Crippen molar-refractivity contribution in [1.82, 2.24) is 9.55 Å². The smallest absolute Gasteiger partial charge is 0.323 e. The first kappa shape index (κ1) is 13.6. The SMILES string of the molecule is Cc1cc(=O)n(CC(=O)O)c(N2CCC(C)CC2)n1. The first-order valence-electron chi connectivity index (χ1n) is 6.52. The van der Waals surface area contributed by atoms with E-state index >= 15 is 0 Å². The van der Waals surface area contributed by atoms with Crippen molar-refractivity contribution in [3.05, 3.63) is 22.1 Å². The van der Waals surface area contributed by atoms with Crippen LogP contribution >= 0.6 is 0 Å². The van der Waals surface area contributed by atoms with Crippen molar-refractivity contribution in [1.29, 1.82) is 0 Å². The summed E-state index contributed by atoms with van der Waals surface area (Å²) in [6.07, 6.45) is 2.08. The van der Waals surface area contributed by atoms with Gasteiger partial charge in [-0.25, -0.2) is 4.98 Å². The van der Waals surface area contributed by atoms with Crippen molar-refractivity contribution in [3.63, 3.8) is 0 Å². The molecule has 2 heterocycles. The van der Waals surface area contributed by atoms with Crippen LogP contribution in [0.15, 0.2) is 10.9 Å². The molecule has 0 spiro atoms. The Morgan fingerprint density at radius 1 is 1.47 bits per heavy atom. The molecule has 0 aromatic carbocycles. The van der Waals surface area contributed by atoms with Gasteiger partial charge >= 0.3 is 5.97 Å². The predicted octanol–water partition coefficient (Wildman–Crippen LogP) is 0.873. The number of rotatable bonds is 3.